The number of fused-ring (bicyclic) bond motifs is 2. The van der Waals surface area contributed by atoms with E-state index in [0.29, 0.717) is 0 Å². The van der Waals surface area contributed by atoms with Gasteiger partial charge in [-0.3, -0.25) is 0 Å². The summed E-state index contributed by atoms with van der Waals surface area (Å²) in [5.74, 6) is 0. The summed E-state index contributed by atoms with van der Waals surface area (Å²) in [6.45, 7) is 0. The summed E-state index contributed by atoms with van der Waals surface area (Å²) in [6, 6.07) is 15.4. The van der Waals surface area contributed by atoms with Crippen LogP contribution in [0.2, 0.25) is 0 Å². The first-order chi connectivity index (χ1) is 10.7. The molecule has 0 aliphatic heterocycles. The quantitative estimate of drug-likeness (QED) is 0.227. The summed E-state index contributed by atoms with van der Waals surface area (Å²) in [4.78, 5) is 8.36. The van der Waals surface area contributed by atoms with Gasteiger partial charge in [-0.2, -0.15) is 30.8 Å². The average molecular weight is 409 g/mol. The van der Waals surface area contributed by atoms with Crippen LogP contribution in [0.5, 0.6) is 0 Å². The van der Waals surface area contributed by atoms with Crippen LogP contribution in [0.15, 0.2) is 48.5 Å². The SMILES string of the molecule is O=[N+]([O-])O.[Ag].c1ccc2n[nH]nc2c1.c1ccc2n[nH]nc2c1. The van der Waals surface area contributed by atoms with Gasteiger partial charge in [0.1, 0.15) is 22.1 Å². The van der Waals surface area contributed by atoms with Crippen LogP contribution in [-0.4, -0.2) is 41.1 Å². The van der Waals surface area contributed by atoms with E-state index in [4.69, 9.17) is 15.3 Å². The number of H-pyrrole nitrogens is 2. The smallest absolute Gasteiger partial charge is 0.291 e. The van der Waals surface area contributed by atoms with Crippen LogP contribution in [0.3, 0.4) is 0 Å². The molecule has 10 nitrogen and oxygen atoms in total. The van der Waals surface area contributed by atoms with E-state index in [-0.39, 0.29) is 22.4 Å². The maximum Gasteiger partial charge on any atom is 0.291 e. The third-order valence-corrected chi connectivity index (χ3v) is 2.45. The van der Waals surface area contributed by atoms with Crippen molar-refractivity contribution in [1.82, 2.24) is 30.8 Å². The number of hydrogen-bond acceptors (Lipinski definition) is 6. The Balaban J connectivity index is 0.000000182. The van der Waals surface area contributed by atoms with E-state index in [1.807, 2.05) is 48.5 Å². The molecule has 0 bridgehead atoms. The molecule has 0 fully saturated rings. The fourth-order valence-electron chi connectivity index (χ4n) is 1.57. The Morgan fingerprint density at radius 3 is 1.22 bits per heavy atom. The van der Waals surface area contributed by atoms with Crippen molar-refractivity contribution >= 4 is 22.1 Å². The van der Waals surface area contributed by atoms with Crippen molar-refractivity contribution in [2.45, 2.75) is 0 Å². The van der Waals surface area contributed by atoms with Crippen LogP contribution < -0.4 is 0 Å². The van der Waals surface area contributed by atoms with E-state index in [1.165, 1.54) is 0 Å². The minimum atomic E-state index is -1.50. The van der Waals surface area contributed by atoms with E-state index in [0.717, 1.165) is 22.1 Å². The molecule has 0 aliphatic rings. The molecule has 2 heterocycles. The van der Waals surface area contributed by atoms with Gasteiger partial charge in [-0.05, 0) is 24.3 Å². The van der Waals surface area contributed by atoms with Gasteiger partial charge in [-0.15, -0.1) is 10.1 Å². The molecule has 0 atom stereocenters. The van der Waals surface area contributed by atoms with Crippen molar-refractivity contribution in [2.75, 3.05) is 0 Å². The first-order valence-electron chi connectivity index (χ1n) is 6.01. The van der Waals surface area contributed by atoms with Gasteiger partial charge in [-0.1, -0.05) is 24.3 Å². The molecule has 0 unspecified atom stereocenters. The Bertz CT molecular complexity index is 733. The van der Waals surface area contributed by atoms with Gasteiger partial charge in [0.05, 0.1) is 0 Å². The number of aromatic amines is 2. The molecule has 3 N–H and O–H groups in total. The summed E-state index contributed by atoms with van der Waals surface area (Å²) in [5.41, 5.74) is 3.66. The molecule has 0 aliphatic carbocycles. The van der Waals surface area contributed by atoms with Crippen LogP contribution in [0.1, 0.15) is 0 Å². The van der Waals surface area contributed by atoms with Crippen molar-refractivity contribution < 1.29 is 32.7 Å². The molecule has 0 saturated carbocycles. The Morgan fingerprint density at radius 2 is 1.00 bits per heavy atom. The van der Waals surface area contributed by atoms with Crippen LogP contribution in [0.4, 0.5) is 0 Å². The molecule has 0 saturated heterocycles. The number of nitrogens with zero attached hydrogens (tertiary/aromatic N) is 5. The van der Waals surface area contributed by atoms with E-state index in [2.05, 4.69) is 30.8 Å². The average Bonchev–Trinajstić information content (AvgIpc) is 3.16. The molecule has 4 aromatic rings. The maximum absolute atomic E-state index is 8.36. The number of rotatable bonds is 0. The first kappa shape index (κ1) is 18.2. The molecule has 1 radical (unpaired) electrons. The van der Waals surface area contributed by atoms with E-state index >= 15 is 0 Å². The fraction of sp³-hybridized carbons (Fsp3) is 0. The third-order valence-electron chi connectivity index (χ3n) is 2.45. The number of benzene rings is 2. The van der Waals surface area contributed by atoms with Gasteiger partial charge >= 0.3 is 0 Å². The van der Waals surface area contributed by atoms with Crippen LogP contribution in [0, 0.1) is 10.1 Å². The van der Waals surface area contributed by atoms with Crippen molar-refractivity contribution in [2.24, 2.45) is 0 Å². The van der Waals surface area contributed by atoms with Crippen molar-refractivity contribution in [1.29, 1.82) is 0 Å². The van der Waals surface area contributed by atoms with Gasteiger partial charge in [-0.25, -0.2) is 0 Å². The molecule has 123 valence electrons. The molecule has 23 heavy (non-hydrogen) atoms. The van der Waals surface area contributed by atoms with Crippen LogP contribution in [0.25, 0.3) is 22.1 Å². The Kier molecular flexibility index (Phi) is 7.33. The Hall–Kier alpha value is -2.82. The normalized spacial score (nSPS) is 9.04. The Labute approximate surface area is 144 Å². The summed E-state index contributed by atoms with van der Waals surface area (Å²) >= 11 is 0. The van der Waals surface area contributed by atoms with Gasteiger partial charge in [0.25, 0.3) is 5.09 Å². The summed E-state index contributed by atoms with van der Waals surface area (Å²) in [6.07, 6.45) is 0. The number of aromatic nitrogens is 6. The molecule has 4 rings (SSSR count). The van der Waals surface area contributed by atoms with Gasteiger partial charge < -0.3 is 5.21 Å². The summed E-state index contributed by atoms with van der Waals surface area (Å²) in [5, 5.41) is 34.2. The second-order valence-electron chi connectivity index (χ2n) is 3.86. The zero-order valence-corrected chi connectivity index (χ0v) is 12.9. The second kappa shape index (κ2) is 9.25. The van der Waals surface area contributed by atoms with Crippen molar-refractivity contribution in [3.05, 3.63) is 58.6 Å². The molecular weight excluding hydrogens is 398 g/mol. The van der Waals surface area contributed by atoms with Crippen molar-refractivity contribution in [3.8, 4) is 0 Å². The molecule has 2 aromatic heterocycles. The number of hydrogen-bond donors (Lipinski definition) is 3. The molecule has 2 aromatic carbocycles. The third kappa shape index (κ3) is 5.82. The predicted octanol–water partition coefficient (Wildman–Crippen LogP) is 1.57. The summed E-state index contributed by atoms with van der Waals surface area (Å²) < 4.78 is 0. The predicted molar refractivity (Wildman–Crippen MR) is 76.6 cm³/mol. The molecule has 0 amide bonds. The first-order valence-corrected chi connectivity index (χ1v) is 6.01. The van der Waals surface area contributed by atoms with Gasteiger partial charge in [0.15, 0.2) is 0 Å². The standard InChI is InChI=1S/2C6H5N3.Ag.HNO3/c2*1-2-4-6-5(3-1)7-9-8-6;;2-1(3)4/h2*1-4H,(H,7,8,9);;(H,2,3,4). The van der Waals surface area contributed by atoms with Crippen LogP contribution >= 0.6 is 0 Å². The maximum atomic E-state index is 8.36. The monoisotopic (exact) mass is 408 g/mol. The minimum Gasteiger partial charge on any atom is -0.328 e. The fourth-order valence-corrected chi connectivity index (χ4v) is 1.57. The summed E-state index contributed by atoms with van der Waals surface area (Å²) in [7, 11) is 0. The van der Waals surface area contributed by atoms with E-state index < -0.39 is 5.09 Å². The zero-order valence-electron chi connectivity index (χ0n) is 11.4. The number of nitrogens with one attached hydrogen (secondary N) is 2. The molecule has 11 heteroatoms. The van der Waals surface area contributed by atoms with Gasteiger partial charge in [0.2, 0.25) is 0 Å². The molecule has 0 spiro atoms. The molecular formula is C12H11AgN7O3. The van der Waals surface area contributed by atoms with E-state index in [1.54, 1.807) is 0 Å². The minimum absolute atomic E-state index is 0. The zero-order chi connectivity index (χ0) is 15.8. The Morgan fingerprint density at radius 1 is 0.783 bits per heavy atom. The number of para-hydroxylation sites is 4. The van der Waals surface area contributed by atoms with Gasteiger partial charge in [0, 0.05) is 22.4 Å². The second-order valence-corrected chi connectivity index (χ2v) is 3.86. The largest absolute Gasteiger partial charge is 0.328 e. The van der Waals surface area contributed by atoms with Crippen LogP contribution in [-0.2, 0) is 22.4 Å². The van der Waals surface area contributed by atoms with Crippen molar-refractivity contribution in [3.63, 3.8) is 0 Å². The topological polar surface area (TPSA) is 147 Å². The van der Waals surface area contributed by atoms with E-state index in [9.17, 15) is 0 Å².